The number of aryl methyl sites for hydroxylation is 1. The van der Waals surface area contributed by atoms with Crippen molar-refractivity contribution in [3.8, 4) is 11.5 Å². The van der Waals surface area contributed by atoms with Crippen molar-refractivity contribution in [1.29, 1.82) is 0 Å². The van der Waals surface area contributed by atoms with Gasteiger partial charge in [-0.05, 0) is 42.3 Å². The third kappa shape index (κ3) is 6.07. The summed E-state index contributed by atoms with van der Waals surface area (Å²) in [6.07, 6.45) is 2.06. The number of nitrogens with one attached hydrogen (secondary N) is 1. The minimum Gasteiger partial charge on any atom is -0.485 e. The molecule has 32 heavy (non-hydrogen) atoms. The van der Waals surface area contributed by atoms with E-state index in [1.807, 2.05) is 24.3 Å². The Kier molecular flexibility index (Phi) is 8.21. The summed E-state index contributed by atoms with van der Waals surface area (Å²) in [5, 5.41) is 2.68. The number of ether oxygens (including phenoxy) is 3. The lowest BCUT2D eigenvalue weighted by molar-refractivity contribution is -0.125. The molecule has 8 heteroatoms. The van der Waals surface area contributed by atoms with Gasteiger partial charge in [-0.25, -0.2) is 0 Å². The molecule has 0 bridgehead atoms. The Morgan fingerprint density at radius 2 is 1.94 bits per heavy atom. The van der Waals surface area contributed by atoms with Gasteiger partial charge in [-0.15, -0.1) is 0 Å². The van der Waals surface area contributed by atoms with Crippen LogP contribution in [0.5, 0.6) is 11.5 Å². The van der Waals surface area contributed by atoms with Crippen LogP contribution in [-0.2, 0) is 20.7 Å². The standard InChI is InChI=1S/C24H28N2O6/c1-3-4-17-5-8-19(9-6-17)31-15-21(27)18-7-10-22-20(13-18)26(24(29)16-32-22)14-23(28)25-11-12-30-2/h5-10,13H,3-4,11-12,14-16H2,1-2H3,(H,25,28). The quantitative estimate of drug-likeness (QED) is 0.426. The summed E-state index contributed by atoms with van der Waals surface area (Å²) in [6.45, 7) is 2.36. The first-order valence-electron chi connectivity index (χ1n) is 10.6. The van der Waals surface area contributed by atoms with E-state index in [-0.39, 0.29) is 37.4 Å². The van der Waals surface area contributed by atoms with Gasteiger partial charge in [0.15, 0.2) is 19.0 Å². The maximum atomic E-state index is 12.7. The molecule has 0 atom stereocenters. The number of hydrogen-bond donors (Lipinski definition) is 1. The van der Waals surface area contributed by atoms with Gasteiger partial charge >= 0.3 is 0 Å². The molecular formula is C24H28N2O6. The number of carbonyl (C=O) groups is 3. The zero-order valence-corrected chi connectivity index (χ0v) is 18.4. The molecule has 1 heterocycles. The second-order valence-electron chi connectivity index (χ2n) is 7.40. The first-order valence-corrected chi connectivity index (χ1v) is 10.6. The number of carbonyl (C=O) groups excluding carboxylic acids is 3. The van der Waals surface area contributed by atoms with Gasteiger partial charge < -0.3 is 19.5 Å². The van der Waals surface area contributed by atoms with E-state index in [4.69, 9.17) is 14.2 Å². The van der Waals surface area contributed by atoms with Crippen molar-refractivity contribution >= 4 is 23.3 Å². The SMILES string of the molecule is CCCc1ccc(OCC(=O)c2ccc3c(c2)N(CC(=O)NCCOC)C(=O)CO3)cc1. The molecule has 8 nitrogen and oxygen atoms in total. The van der Waals surface area contributed by atoms with Gasteiger partial charge in [0.25, 0.3) is 5.91 Å². The fourth-order valence-electron chi connectivity index (χ4n) is 3.31. The van der Waals surface area contributed by atoms with E-state index >= 15 is 0 Å². The molecule has 1 aliphatic heterocycles. The van der Waals surface area contributed by atoms with E-state index in [2.05, 4.69) is 12.2 Å². The van der Waals surface area contributed by atoms with E-state index in [1.165, 1.54) is 17.6 Å². The van der Waals surface area contributed by atoms with Crippen LogP contribution >= 0.6 is 0 Å². The Bertz CT molecular complexity index is 957. The number of ketones is 1. The van der Waals surface area contributed by atoms with Crippen molar-refractivity contribution in [3.05, 3.63) is 53.6 Å². The van der Waals surface area contributed by atoms with Crippen molar-refractivity contribution < 1.29 is 28.6 Å². The molecule has 0 radical (unpaired) electrons. The van der Waals surface area contributed by atoms with Gasteiger partial charge in [-0.3, -0.25) is 19.3 Å². The van der Waals surface area contributed by atoms with Crippen LogP contribution in [-0.4, -0.2) is 57.6 Å². The van der Waals surface area contributed by atoms with Crippen LogP contribution in [0.4, 0.5) is 5.69 Å². The largest absolute Gasteiger partial charge is 0.485 e. The third-order valence-electron chi connectivity index (χ3n) is 4.99. The average molecular weight is 440 g/mol. The van der Waals surface area contributed by atoms with Crippen LogP contribution < -0.4 is 19.7 Å². The second-order valence-corrected chi connectivity index (χ2v) is 7.40. The second kappa shape index (κ2) is 11.3. The normalized spacial score (nSPS) is 12.7. The first kappa shape index (κ1) is 23.3. The number of nitrogens with zero attached hydrogens (tertiary/aromatic N) is 1. The van der Waals surface area contributed by atoms with E-state index in [1.54, 1.807) is 18.2 Å². The van der Waals surface area contributed by atoms with Crippen molar-refractivity contribution in [1.82, 2.24) is 5.32 Å². The summed E-state index contributed by atoms with van der Waals surface area (Å²) in [6, 6.07) is 12.5. The van der Waals surface area contributed by atoms with Gasteiger partial charge in [-0.1, -0.05) is 25.5 Å². The number of methoxy groups -OCH3 is 1. The highest BCUT2D eigenvalue weighted by Crippen LogP contribution is 2.33. The predicted octanol–water partition coefficient (Wildman–Crippen LogP) is 2.39. The topological polar surface area (TPSA) is 94.2 Å². The molecule has 2 amide bonds. The fraction of sp³-hybridized carbons (Fsp3) is 0.375. The summed E-state index contributed by atoms with van der Waals surface area (Å²) in [7, 11) is 1.54. The molecule has 3 rings (SSSR count). The average Bonchev–Trinajstić information content (AvgIpc) is 2.80. The van der Waals surface area contributed by atoms with Crippen LogP contribution in [0, 0.1) is 0 Å². The zero-order valence-electron chi connectivity index (χ0n) is 18.4. The number of hydrogen-bond acceptors (Lipinski definition) is 6. The monoisotopic (exact) mass is 440 g/mol. The summed E-state index contributed by atoms with van der Waals surface area (Å²) in [5.74, 6) is 0.137. The first-order chi connectivity index (χ1) is 15.5. The predicted molar refractivity (Wildman–Crippen MR) is 119 cm³/mol. The van der Waals surface area contributed by atoms with E-state index in [9.17, 15) is 14.4 Å². The molecule has 0 saturated carbocycles. The smallest absolute Gasteiger partial charge is 0.265 e. The Hall–Kier alpha value is -3.39. The minimum atomic E-state index is -0.354. The Balaban J connectivity index is 1.67. The Labute approximate surface area is 187 Å². The van der Waals surface area contributed by atoms with Gasteiger partial charge in [0, 0.05) is 19.2 Å². The molecule has 0 saturated heterocycles. The van der Waals surface area contributed by atoms with E-state index in [0.29, 0.717) is 35.9 Å². The molecule has 0 spiro atoms. The van der Waals surface area contributed by atoms with Crippen molar-refractivity contribution in [2.75, 3.05) is 44.9 Å². The third-order valence-corrected chi connectivity index (χ3v) is 4.99. The van der Waals surface area contributed by atoms with Gasteiger partial charge in [0.05, 0.1) is 12.3 Å². The van der Waals surface area contributed by atoms with Gasteiger partial charge in [0.2, 0.25) is 5.91 Å². The maximum absolute atomic E-state index is 12.7. The fourth-order valence-corrected chi connectivity index (χ4v) is 3.31. The molecule has 170 valence electrons. The Morgan fingerprint density at radius 1 is 1.16 bits per heavy atom. The molecule has 0 unspecified atom stereocenters. The van der Waals surface area contributed by atoms with Crippen LogP contribution in [0.1, 0.15) is 29.3 Å². The summed E-state index contributed by atoms with van der Waals surface area (Å²) in [4.78, 5) is 38.6. The van der Waals surface area contributed by atoms with Crippen LogP contribution in [0.15, 0.2) is 42.5 Å². The maximum Gasteiger partial charge on any atom is 0.265 e. The molecule has 1 aliphatic rings. The minimum absolute atomic E-state index is 0.141. The van der Waals surface area contributed by atoms with Gasteiger partial charge in [0.1, 0.15) is 18.0 Å². The summed E-state index contributed by atoms with van der Waals surface area (Å²) < 4.78 is 16.0. The number of amides is 2. The highest BCUT2D eigenvalue weighted by Gasteiger charge is 2.28. The number of Topliss-reactive ketones (excluding diaryl/α,β-unsaturated/α-hetero) is 1. The lowest BCUT2D eigenvalue weighted by Crippen LogP contribution is -2.45. The van der Waals surface area contributed by atoms with Crippen molar-refractivity contribution in [3.63, 3.8) is 0 Å². The molecule has 0 fully saturated rings. The lowest BCUT2D eigenvalue weighted by atomic mass is 10.1. The lowest BCUT2D eigenvalue weighted by Gasteiger charge is -2.29. The number of rotatable bonds is 11. The molecule has 2 aromatic rings. The van der Waals surface area contributed by atoms with E-state index in [0.717, 1.165) is 12.8 Å². The number of anilines is 1. The number of benzene rings is 2. The number of fused-ring (bicyclic) bond motifs is 1. The zero-order chi connectivity index (χ0) is 22.9. The molecule has 0 aromatic heterocycles. The van der Waals surface area contributed by atoms with Gasteiger partial charge in [-0.2, -0.15) is 0 Å². The highest BCUT2D eigenvalue weighted by atomic mass is 16.5. The van der Waals surface area contributed by atoms with Crippen LogP contribution in [0.2, 0.25) is 0 Å². The van der Waals surface area contributed by atoms with Crippen molar-refractivity contribution in [2.24, 2.45) is 0 Å². The summed E-state index contributed by atoms with van der Waals surface area (Å²) in [5.41, 5.74) is 1.98. The molecule has 1 N–H and O–H groups in total. The van der Waals surface area contributed by atoms with Crippen molar-refractivity contribution in [2.45, 2.75) is 19.8 Å². The van der Waals surface area contributed by atoms with Crippen LogP contribution in [0.25, 0.3) is 0 Å². The van der Waals surface area contributed by atoms with Crippen LogP contribution in [0.3, 0.4) is 0 Å². The molecular weight excluding hydrogens is 412 g/mol. The summed E-state index contributed by atoms with van der Waals surface area (Å²) >= 11 is 0. The Morgan fingerprint density at radius 3 is 2.66 bits per heavy atom. The highest BCUT2D eigenvalue weighted by molar-refractivity contribution is 6.04. The molecule has 2 aromatic carbocycles. The van der Waals surface area contributed by atoms with E-state index < -0.39 is 0 Å². The molecule has 0 aliphatic carbocycles.